The van der Waals surface area contributed by atoms with Gasteiger partial charge >= 0.3 is 5.97 Å². The average Bonchev–Trinajstić information content (AvgIpc) is 3.37. The van der Waals surface area contributed by atoms with Gasteiger partial charge in [-0.05, 0) is 73.0 Å². The minimum Gasteiger partial charge on any atom is -0.465 e. The number of hydrogen-bond donors (Lipinski definition) is 1. The Bertz CT molecular complexity index is 2170. The highest BCUT2D eigenvalue weighted by atomic mass is 35.5. The van der Waals surface area contributed by atoms with Crippen LogP contribution in [0, 0.1) is 11.3 Å². The van der Waals surface area contributed by atoms with E-state index in [1.54, 1.807) is 30.3 Å². The second-order valence-corrected chi connectivity index (χ2v) is 14.0. The SMILES string of the molecule is COC(=O)c1ccc(/C=c2\s/c(=C(/C#N)C(=O)Nc3cccc(S(=O)(=O)N4CCCCC4)c3)n(-c3ccc(Cl)c(Cl)c3)c2=O)cc1. The Kier molecular flexibility index (Phi) is 10.1. The van der Waals surface area contributed by atoms with Gasteiger partial charge in [-0.2, -0.15) is 9.57 Å². The Morgan fingerprint density at radius 1 is 1.00 bits per heavy atom. The van der Waals surface area contributed by atoms with Gasteiger partial charge in [0, 0.05) is 18.8 Å². The number of ether oxygens (including phenoxy) is 1. The fourth-order valence-corrected chi connectivity index (χ4v) is 7.83. The van der Waals surface area contributed by atoms with Gasteiger partial charge in [-0.15, -0.1) is 11.3 Å². The summed E-state index contributed by atoms with van der Waals surface area (Å²) in [7, 11) is -2.50. The first-order valence-corrected chi connectivity index (χ1v) is 17.0. The molecule has 2 heterocycles. The van der Waals surface area contributed by atoms with Gasteiger partial charge in [-0.1, -0.05) is 47.8 Å². The first kappa shape index (κ1) is 33.1. The Balaban J connectivity index is 1.60. The van der Waals surface area contributed by atoms with Crippen LogP contribution in [-0.2, 0) is 19.6 Å². The fraction of sp³-hybridized carbons (Fsp3) is 0.188. The third-order valence-electron chi connectivity index (χ3n) is 7.21. The van der Waals surface area contributed by atoms with Crippen LogP contribution in [0.3, 0.4) is 0 Å². The van der Waals surface area contributed by atoms with E-state index in [-0.39, 0.29) is 35.5 Å². The minimum atomic E-state index is -3.78. The van der Waals surface area contributed by atoms with Crippen molar-refractivity contribution in [3.8, 4) is 11.8 Å². The van der Waals surface area contributed by atoms with E-state index >= 15 is 0 Å². The van der Waals surface area contributed by atoms with Crippen molar-refractivity contribution >= 4 is 73.8 Å². The number of benzene rings is 3. The minimum absolute atomic E-state index is 0.0120. The molecule has 1 aliphatic heterocycles. The largest absolute Gasteiger partial charge is 0.465 e. The number of amides is 1. The molecule has 4 aromatic rings. The Morgan fingerprint density at radius 3 is 2.37 bits per heavy atom. The number of nitrogens with one attached hydrogen (secondary N) is 1. The number of rotatable bonds is 7. The summed E-state index contributed by atoms with van der Waals surface area (Å²) in [5.74, 6) is -1.36. The summed E-state index contributed by atoms with van der Waals surface area (Å²) < 4.78 is 34.0. The average molecular weight is 698 g/mol. The van der Waals surface area contributed by atoms with Crippen molar-refractivity contribution in [2.75, 3.05) is 25.5 Å². The van der Waals surface area contributed by atoms with Crippen molar-refractivity contribution in [1.82, 2.24) is 8.87 Å². The van der Waals surface area contributed by atoms with Crippen LogP contribution in [0.15, 0.2) is 76.4 Å². The lowest BCUT2D eigenvalue weighted by Gasteiger charge is -2.26. The first-order chi connectivity index (χ1) is 22.0. The lowest BCUT2D eigenvalue weighted by Crippen LogP contribution is -2.35. The van der Waals surface area contributed by atoms with Crippen LogP contribution in [0.4, 0.5) is 5.69 Å². The Morgan fingerprint density at radius 2 is 1.72 bits per heavy atom. The molecule has 3 aromatic carbocycles. The smallest absolute Gasteiger partial charge is 0.337 e. The van der Waals surface area contributed by atoms with E-state index in [9.17, 15) is 28.1 Å². The summed E-state index contributed by atoms with van der Waals surface area (Å²) in [4.78, 5) is 39.2. The Hall–Kier alpha value is -4.25. The highest BCUT2D eigenvalue weighted by Crippen LogP contribution is 2.25. The second kappa shape index (κ2) is 14.0. The number of esters is 1. The van der Waals surface area contributed by atoms with Crippen molar-refractivity contribution in [1.29, 1.82) is 5.26 Å². The molecule has 0 radical (unpaired) electrons. The van der Waals surface area contributed by atoms with Crippen LogP contribution in [0.25, 0.3) is 17.3 Å². The zero-order valence-electron chi connectivity index (χ0n) is 24.3. The van der Waals surface area contributed by atoms with Gasteiger partial charge in [-0.25, -0.2) is 13.2 Å². The molecule has 0 unspecified atom stereocenters. The molecule has 0 saturated carbocycles. The molecule has 1 amide bonds. The molecule has 14 heteroatoms. The molecule has 1 aliphatic rings. The maximum Gasteiger partial charge on any atom is 0.337 e. The highest BCUT2D eigenvalue weighted by Gasteiger charge is 2.26. The number of halogens is 2. The topological polar surface area (TPSA) is 139 Å². The molecule has 0 aliphatic carbocycles. The summed E-state index contributed by atoms with van der Waals surface area (Å²) in [6.45, 7) is 0.843. The van der Waals surface area contributed by atoms with Gasteiger partial charge in [0.05, 0.1) is 37.8 Å². The molecule has 1 saturated heterocycles. The maximum atomic E-state index is 13.8. The van der Waals surface area contributed by atoms with Crippen LogP contribution in [0.1, 0.15) is 35.2 Å². The fourth-order valence-electron chi connectivity index (χ4n) is 4.87. The molecule has 10 nitrogen and oxygen atoms in total. The highest BCUT2D eigenvalue weighted by molar-refractivity contribution is 7.89. The van der Waals surface area contributed by atoms with Gasteiger partial charge in [0.2, 0.25) is 10.0 Å². The summed E-state index contributed by atoms with van der Waals surface area (Å²) in [5, 5.41) is 13.2. The lowest BCUT2D eigenvalue weighted by atomic mass is 10.1. The van der Waals surface area contributed by atoms with Crippen molar-refractivity contribution in [3.63, 3.8) is 0 Å². The lowest BCUT2D eigenvalue weighted by molar-refractivity contribution is -0.111. The van der Waals surface area contributed by atoms with Gasteiger partial charge in [0.15, 0.2) is 5.57 Å². The van der Waals surface area contributed by atoms with E-state index in [2.05, 4.69) is 5.32 Å². The van der Waals surface area contributed by atoms with Crippen LogP contribution in [0.2, 0.25) is 10.0 Å². The van der Waals surface area contributed by atoms with Crippen LogP contribution in [-0.4, -0.2) is 49.4 Å². The summed E-state index contributed by atoms with van der Waals surface area (Å²) >= 11 is 13.3. The van der Waals surface area contributed by atoms with Gasteiger partial charge < -0.3 is 10.1 Å². The third-order valence-corrected chi connectivity index (χ3v) is 10.9. The zero-order valence-corrected chi connectivity index (χ0v) is 27.5. The number of sulfonamides is 1. The number of aromatic nitrogens is 1. The van der Waals surface area contributed by atoms with Crippen LogP contribution >= 0.6 is 34.5 Å². The number of nitrogens with zero attached hydrogens (tertiary/aromatic N) is 3. The van der Waals surface area contributed by atoms with Crippen molar-refractivity contribution in [2.24, 2.45) is 0 Å². The predicted octanol–water partition coefficient (Wildman–Crippen LogP) is 4.31. The van der Waals surface area contributed by atoms with Crippen LogP contribution < -0.4 is 20.1 Å². The van der Waals surface area contributed by atoms with Crippen molar-refractivity contribution < 1.29 is 22.7 Å². The van der Waals surface area contributed by atoms with Crippen LogP contribution in [0.5, 0.6) is 0 Å². The summed E-state index contributed by atoms with van der Waals surface area (Å²) in [6.07, 6.45) is 4.07. The van der Waals surface area contributed by atoms with Crippen molar-refractivity contribution in [3.05, 3.63) is 107 Å². The molecular formula is C32H26Cl2N4O6S2. The standard InChI is InChI=1S/C32H26Cl2N4O6S2/c1-44-32(41)21-10-8-20(9-11-21)16-28-30(40)38(23-12-13-26(33)27(34)18-23)31(45-28)25(19-35)29(39)36-22-6-5-7-24(17-22)46(42,43)37-14-3-2-4-15-37/h5-13,16-18H,2-4,14-15H2,1H3,(H,36,39)/b28-16-,31-25-. The monoisotopic (exact) mass is 696 g/mol. The number of anilines is 1. The first-order valence-electron chi connectivity index (χ1n) is 14.0. The molecule has 1 fully saturated rings. The second-order valence-electron chi connectivity index (χ2n) is 10.2. The van der Waals surface area contributed by atoms with E-state index in [0.717, 1.165) is 30.6 Å². The molecule has 1 N–H and O–H groups in total. The van der Waals surface area contributed by atoms with E-state index in [1.165, 1.54) is 58.4 Å². The van der Waals surface area contributed by atoms with Crippen molar-refractivity contribution in [2.45, 2.75) is 24.2 Å². The number of hydrogen-bond acceptors (Lipinski definition) is 8. The summed E-state index contributed by atoms with van der Waals surface area (Å²) in [6, 6.07) is 18.5. The van der Waals surface area contributed by atoms with E-state index in [1.807, 2.05) is 6.07 Å². The molecule has 236 valence electrons. The zero-order chi connectivity index (χ0) is 33.0. The van der Waals surface area contributed by atoms with E-state index in [0.29, 0.717) is 24.2 Å². The summed E-state index contributed by atoms with van der Waals surface area (Å²) in [5.41, 5.74) is 0.399. The van der Waals surface area contributed by atoms with E-state index < -0.39 is 33.0 Å². The van der Waals surface area contributed by atoms with Gasteiger partial charge in [0.1, 0.15) is 10.7 Å². The third kappa shape index (κ3) is 6.94. The quantitative estimate of drug-likeness (QED) is 0.284. The molecule has 0 atom stereocenters. The predicted molar refractivity (Wildman–Crippen MR) is 177 cm³/mol. The Labute approximate surface area is 278 Å². The van der Waals surface area contributed by atoms with Gasteiger partial charge in [0.25, 0.3) is 11.5 Å². The van der Waals surface area contributed by atoms with Gasteiger partial charge in [-0.3, -0.25) is 14.2 Å². The number of carbonyl (C=O) groups is 2. The molecule has 1 aromatic heterocycles. The molecular weight excluding hydrogens is 671 g/mol. The number of carbonyl (C=O) groups excluding carboxylic acids is 2. The number of nitriles is 1. The maximum absolute atomic E-state index is 13.8. The number of piperidine rings is 1. The number of thiazole rings is 1. The molecule has 46 heavy (non-hydrogen) atoms. The molecule has 0 spiro atoms. The normalized spacial score (nSPS) is 14.8. The number of methoxy groups -OCH3 is 1. The molecule has 0 bridgehead atoms. The molecule has 5 rings (SSSR count). The van der Waals surface area contributed by atoms with E-state index in [4.69, 9.17) is 27.9 Å².